The van der Waals surface area contributed by atoms with Gasteiger partial charge in [-0.3, -0.25) is 4.79 Å². The van der Waals surface area contributed by atoms with Crippen LogP contribution in [0.4, 0.5) is 16.3 Å². The van der Waals surface area contributed by atoms with E-state index >= 15 is 0 Å². The summed E-state index contributed by atoms with van der Waals surface area (Å²) in [5, 5.41) is 21.2. The largest absolute Gasteiger partial charge is 0.391 e. The first-order valence-corrected chi connectivity index (χ1v) is 10.3. The van der Waals surface area contributed by atoms with Gasteiger partial charge in [-0.25, -0.2) is 9.78 Å². The van der Waals surface area contributed by atoms with Crippen molar-refractivity contribution in [2.45, 2.75) is 19.1 Å². The smallest absolute Gasteiger partial charge is 0.318 e. The van der Waals surface area contributed by atoms with Gasteiger partial charge in [0.1, 0.15) is 18.5 Å². The minimum absolute atomic E-state index is 0.430. The highest BCUT2D eigenvalue weighted by atomic mass is 16.3. The third kappa shape index (κ3) is 5.97. The van der Waals surface area contributed by atoms with Gasteiger partial charge in [0.05, 0.1) is 6.10 Å². The van der Waals surface area contributed by atoms with Crippen molar-refractivity contribution in [3.8, 4) is 11.8 Å². The number of urea groups is 1. The Balaban J connectivity index is 1.54. The average Bonchev–Trinajstić information content (AvgIpc) is 2.82. The predicted octanol–water partition coefficient (Wildman–Crippen LogP) is 0.206. The van der Waals surface area contributed by atoms with Gasteiger partial charge in [0.25, 0.3) is 0 Å². The van der Waals surface area contributed by atoms with Gasteiger partial charge in [0.15, 0.2) is 5.78 Å². The van der Waals surface area contributed by atoms with E-state index in [9.17, 15) is 14.7 Å². The highest BCUT2D eigenvalue weighted by Gasteiger charge is 2.28. The second kappa shape index (κ2) is 10.6. The average molecular weight is 438 g/mol. The van der Waals surface area contributed by atoms with Crippen LogP contribution in [0.2, 0.25) is 0 Å². The zero-order valence-corrected chi connectivity index (χ0v) is 17.9. The highest BCUT2D eigenvalue weighted by molar-refractivity contribution is 5.89. The molecule has 168 valence electrons. The number of nitrogens with one attached hydrogen (secondary N) is 1. The van der Waals surface area contributed by atoms with Crippen molar-refractivity contribution in [1.29, 1.82) is 0 Å². The van der Waals surface area contributed by atoms with E-state index in [4.69, 9.17) is 10.8 Å². The lowest BCUT2D eigenvalue weighted by Crippen LogP contribution is -2.57. The van der Waals surface area contributed by atoms with Gasteiger partial charge < -0.3 is 31.1 Å². The number of rotatable bonds is 5. The van der Waals surface area contributed by atoms with Gasteiger partial charge in [-0.05, 0) is 43.3 Å². The SMILES string of the molecule is C[C@@H](O)[C@H](NC(=O)N1CCN(c2ccc(C#Cc3ccc(N)nc3)cc2)CC1)C(=O)CO. The van der Waals surface area contributed by atoms with Crippen molar-refractivity contribution in [3.63, 3.8) is 0 Å². The molecular weight excluding hydrogens is 410 g/mol. The summed E-state index contributed by atoms with van der Waals surface area (Å²) in [7, 11) is 0. The minimum atomic E-state index is -1.12. The topological polar surface area (TPSA) is 132 Å². The van der Waals surface area contributed by atoms with E-state index in [0.29, 0.717) is 32.0 Å². The third-order valence-electron chi connectivity index (χ3n) is 5.20. The van der Waals surface area contributed by atoms with E-state index in [1.54, 1.807) is 17.2 Å². The van der Waals surface area contributed by atoms with E-state index in [1.807, 2.05) is 30.3 Å². The Morgan fingerprint density at radius 1 is 1.09 bits per heavy atom. The van der Waals surface area contributed by atoms with Gasteiger partial charge in [-0.15, -0.1) is 0 Å². The van der Waals surface area contributed by atoms with Crippen LogP contribution in [0.1, 0.15) is 18.1 Å². The predicted molar refractivity (Wildman–Crippen MR) is 121 cm³/mol. The molecule has 1 saturated heterocycles. The van der Waals surface area contributed by atoms with Crippen LogP contribution in [-0.4, -0.2) is 76.8 Å². The zero-order chi connectivity index (χ0) is 23.1. The first-order valence-electron chi connectivity index (χ1n) is 10.3. The Morgan fingerprint density at radius 2 is 1.72 bits per heavy atom. The van der Waals surface area contributed by atoms with Gasteiger partial charge in [0, 0.05) is 49.2 Å². The summed E-state index contributed by atoms with van der Waals surface area (Å²) in [6, 6.07) is 9.85. The van der Waals surface area contributed by atoms with E-state index < -0.39 is 30.6 Å². The number of Topliss-reactive ketones (excluding diaryl/α,β-unsaturated/α-hetero) is 1. The molecule has 0 unspecified atom stereocenters. The number of carbonyl (C=O) groups is 2. The number of aliphatic hydroxyl groups excluding tert-OH is 2. The Morgan fingerprint density at radius 3 is 2.28 bits per heavy atom. The van der Waals surface area contributed by atoms with Crippen LogP contribution in [0.25, 0.3) is 0 Å². The number of nitrogen functional groups attached to an aromatic ring is 1. The molecule has 1 fully saturated rings. The summed E-state index contributed by atoms with van der Waals surface area (Å²) in [5.74, 6) is 5.98. The molecule has 0 bridgehead atoms. The number of hydrogen-bond donors (Lipinski definition) is 4. The van der Waals surface area contributed by atoms with E-state index in [-0.39, 0.29) is 0 Å². The first-order chi connectivity index (χ1) is 15.4. The molecule has 1 aliphatic heterocycles. The molecule has 2 aromatic rings. The van der Waals surface area contributed by atoms with Crippen LogP contribution < -0.4 is 16.0 Å². The van der Waals surface area contributed by atoms with Gasteiger partial charge in [0.2, 0.25) is 0 Å². The number of amides is 2. The van der Waals surface area contributed by atoms with Crippen LogP contribution >= 0.6 is 0 Å². The highest BCUT2D eigenvalue weighted by Crippen LogP contribution is 2.17. The number of benzene rings is 1. The minimum Gasteiger partial charge on any atom is -0.391 e. The number of aliphatic hydroxyl groups is 2. The molecule has 1 aromatic heterocycles. The molecule has 1 aliphatic rings. The maximum atomic E-state index is 12.5. The summed E-state index contributed by atoms with van der Waals surface area (Å²) in [4.78, 5) is 31.9. The molecule has 1 aromatic carbocycles. The fourth-order valence-corrected chi connectivity index (χ4v) is 3.34. The van der Waals surface area contributed by atoms with Gasteiger partial charge >= 0.3 is 6.03 Å². The number of carbonyl (C=O) groups excluding carboxylic acids is 2. The quantitative estimate of drug-likeness (QED) is 0.492. The third-order valence-corrected chi connectivity index (χ3v) is 5.20. The summed E-state index contributed by atoms with van der Waals surface area (Å²) in [5.41, 5.74) is 8.27. The fourth-order valence-electron chi connectivity index (χ4n) is 3.34. The monoisotopic (exact) mass is 437 g/mol. The second-order valence-electron chi connectivity index (χ2n) is 7.53. The van der Waals surface area contributed by atoms with Crippen molar-refractivity contribution >= 4 is 23.3 Å². The standard InChI is InChI=1S/C23H27N5O4/c1-16(30)22(20(31)15-29)26-23(32)28-12-10-27(11-13-28)19-7-4-17(5-8-19)2-3-18-6-9-21(24)25-14-18/h4-9,14,16,22,29-30H,10-13,15H2,1H3,(H2,24,25)(H,26,32)/t16-,22+/m1/s1. The summed E-state index contributed by atoms with van der Waals surface area (Å²) < 4.78 is 0. The molecule has 0 radical (unpaired) electrons. The summed E-state index contributed by atoms with van der Waals surface area (Å²) in [6.45, 7) is 2.86. The molecule has 3 rings (SSSR count). The van der Waals surface area contributed by atoms with Crippen molar-refractivity contribution in [2.75, 3.05) is 43.4 Å². The van der Waals surface area contributed by atoms with Gasteiger partial charge in [-0.1, -0.05) is 11.8 Å². The van der Waals surface area contributed by atoms with Crippen LogP contribution in [0, 0.1) is 11.8 Å². The molecule has 0 saturated carbocycles. The van der Waals surface area contributed by atoms with Crippen molar-refractivity contribution in [1.82, 2.24) is 15.2 Å². The lowest BCUT2D eigenvalue weighted by molar-refractivity contribution is -0.125. The molecule has 0 aliphatic carbocycles. The Bertz CT molecular complexity index is 988. The first kappa shape index (κ1) is 23.1. The molecule has 32 heavy (non-hydrogen) atoms. The number of ketones is 1. The summed E-state index contributed by atoms with van der Waals surface area (Å²) in [6.07, 6.45) is 0.549. The van der Waals surface area contributed by atoms with E-state index in [1.165, 1.54) is 6.92 Å². The molecular formula is C23H27N5O4. The Hall–Kier alpha value is -3.61. The summed E-state index contributed by atoms with van der Waals surface area (Å²) >= 11 is 0. The maximum absolute atomic E-state index is 12.5. The number of anilines is 2. The second-order valence-corrected chi connectivity index (χ2v) is 7.53. The van der Waals surface area contributed by atoms with E-state index in [0.717, 1.165) is 16.8 Å². The van der Waals surface area contributed by atoms with Crippen LogP contribution in [-0.2, 0) is 4.79 Å². The Labute approximate surface area is 186 Å². The lowest BCUT2D eigenvalue weighted by atomic mass is 10.1. The number of nitrogens with two attached hydrogens (primary N) is 1. The van der Waals surface area contributed by atoms with Crippen LogP contribution in [0.15, 0.2) is 42.6 Å². The van der Waals surface area contributed by atoms with Crippen molar-refractivity contribution in [3.05, 3.63) is 53.7 Å². The molecule has 0 spiro atoms. The molecule has 2 heterocycles. The molecule has 2 atom stereocenters. The van der Waals surface area contributed by atoms with Crippen LogP contribution in [0.3, 0.4) is 0 Å². The Kier molecular flexibility index (Phi) is 7.65. The van der Waals surface area contributed by atoms with E-state index in [2.05, 4.69) is 27.0 Å². The normalized spacial score (nSPS) is 15.3. The molecule has 2 amide bonds. The number of pyridine rings is 1. The zero-order valence-electron chi connectivity index (χ0n) is 17.9. The number of piperazine rings is 1. The maximum Gasteiger partial charge on any atom is 0.318 e. The number of nitrogens with zero attached hydrogens (tertiary/aromatic N) is 3. The molecule has 9 nitrogen and oxygen atoms in total. The lowest BCUT2D eigenvalue weighted by Gasteiger charge is -2.36. The van der Waals surface area contributed by atoms with Crippen molar-refractivity contribution < 1.29 is 19.8 Å². The molecule has 9 heteroatoms. The van der Waals surface area contributed by atoms with Crippen molar-refractivity contribution in [2.24, 2.45) is 0 Å². The fraction of sp³-hybridized carbons (Fsp3) is 0.348. The number of aromatic nitrogens is 1. The molecule has 5 N–H and O–H groups in total. The number of hydrogen-bond acceptors (Lipinski definition) is 7. The van der Waals surface area contributed by atoms with Crippen LogP contribution in [0.5, 0.6) is 0 Å². The van der Waals surface area contributed by atoms with Gasteiger partial charge in [-0.2, -0.15) is 0 Å².